The van der Waals surface area contributed by atoms with E-state index < -0.39 is 0 Å². The molecular formula is C28H54O2. The van der Waals surface area contributed by atoms with Crippen LogP contribution in [0, 0.1) is 5.92 Å². The molecule has 0 bridgehead atoms. The Morgan fingerprint density at radius 2 is 1.03 bits per heavy atom. The van der Waals surface area contributed by atoms with Gasteiger partial charge in [-0.1, -0.05) is 142 Å². The van der Waals surface area contributed by atoms with Gasteiger partial charge in [-0.05, 0) is 19.3 Å². The number of esters is 1. The summed E-state index contributed by atoms with van der Waals surface area (Å²) in [5.74, 6) is 0.695. The molecular weight excluding hydrogens is 368 g/mol. The zero-order chi connectivity index (χ0) is 22.3. The lowest BCUT2D eigenvalue weighted by Crippen LogP contribution is -2.05. The van der Waals surface area contributed by atoms with Crippen LogP contribution in [0.25, 0.3) is 0 Å². The summed E-state index contributed by atoms with van der Waals surface area (Å²) in [5, 5.41) is 0. The molecule has 0 aliphatic carbocycles. The van der Waals surface area contributed by atoms with Crippen LogP contribution < -0.4 is 0 Å². The molecule has 0 spiro atoms. The molecule has 178 valence electrons. The number of hydrogen-bond donors (Lipinski definition) is 0. The molecule has 0 rings (SSSR count). The highest BCUT2D eigenvalue weighted by molar-refractivity contribution is 5.86. The summed E-state index contributed by atoms with van der Waals surface area (Å²) < 4.78 is 5.11. The van der Waals surface area contributed by atoms with E-state index in [1.807, 2.05) is 0 Å². The van der Waals surface area contributed by atoms with Gasteiger partial charge in [0.1, 0.15) is 0 Å². The van der Waals surface area contributed by atoms with E-state index in [9.17, 15) is 4.79 Å². The molecule has 0 fully saturated rings. The molecule has 0 saturated heterocycles. The third kappa shape index (κ3) is 21.9. The molecule has 0 aliphatic rings. The second kappa shape index (κ2) is 22.9. The van der Waals surface area contributed by atoms with Crippen molar-refractivity contribution in [1.29, 1.82) is 0 Å². The van der Waals surface area contributed by atoms with Crippen molar-refractivity contribution in [3.63, 3.8) is 0 Å². The lowest BCUT2D eigenvalue weighted by molar-refractivity contribution is -0.139. The predicted octanol–water partition coefficient (Wildman–Crippen LogP) is 9.56. The first kappa shape index (κ1) is 29.2. The molecule has 2 nitrogen and oxygen atoms in total. The van der Waals surface area contributed by atoms with Gasteiger partial charge in [0.2, 0.25) is 0 Å². The fraction of sp³-hybridized carbons (Fsp3) is 0.893. The minimum Gasteiger partial charge on any atom is -0.462 e. The zero-order valence-electron chi connectivity index (χ0n) is 21.0. The minimum atomic E-state index is -0.252. The molecule has 1 unspecified atom stereocenters. The summed E-state index contributed by atoms with van der Waals surface area (Å²) in [7, 11) is 0. The summed E-state index contributed by atoms with van der Waals surface area (Å²) in [6, 6.07) is 0. The molecule has 0 aliphatic heterocycles. The quantitative estimate of drug-likeness (QED) is 0.0930. The van der Waals surface area contributed by atoms with E-state index in [-0.39, 0.29) is 5.97 Å². The smallest absolute Gasteiger partial charge is 0.333 e. The van der Waals surface area contributed by atoms with E-state index in [0.717, 1.165) is 12.3 Å². The van der Waals surface area contributed by atoms with Crippen molar-refractivity contribution in [2.45, 2.75) is 149 Å². The van der Waals surface area contributed by atoms with E-state index in [1.54, 1.807) is 6.92 Å². The van der Waals surface area contributed by atoms with Gasteiger partial charge in [-0.2, -0.15) is 0 Å². The molecule has 2 heteroatoms. The van der Waals surface area contributed by atoms with Crippen LogP contribution in [0.2, 0.25) is 0 Å². The van der Waals surface area contributed by atoms with Gasteiger partial charge < -0.3 is 4.74 Å². The molecule has 0 N–H and O–H groups in total. The molecule has 0 radical (unpaired) electrons. The molecule has 0 aromatic heterocycles. The maximum atomic E-state index is 11.2. The number of rotatable bonds is 23. The lowest BCUT2D eigenvalue weighted by Gasteiger charge is -2.10. The summed E-state index contributed by atoms with van der Waals surface area (Å²) in [5.41, 5.74) is 0.494. The molecule has 0 aromatic rings. The van der Waals surface area contributed by atoms with Gasteiger partial charge in [0, 0.05) is 5.57 Å². The second-order valence-corrected chi connectivity index (χ2v) is 9.61. The van der Waals surface area contributed by atoms with Crippen LogP contribution in [-0.2, 0) is 9.53 Å². The van der Waals surface area contributed by atoms with Crippen molar-refractivity contribution in [3.8, 4) is 0 Å². The number of carbonyl (C=O) groups is 1. The Bertz CT molecular complexity index is 388. The van der Waals surface area contributed by atoms with Crippen molar-refractivity contribution < 1.29 is 9.53 Å². The van der Waals surface area contributed by atoms with E-state index in [2.05, 4.69) is 20.4 Å². The summed E-state index contributed by atoms with van der Waals surface area (Å²) in [6.45, 7) is 10.6. The maximum Gasteiger partial charge on any atom is 0.333 e. The van der Waals surface area contributed by atoms with E-state index in [4.69, 9.17) is 4.74 Å². The normalized spacial score (nSPS) is 12.1. The highest BCUT2D eigenvalue weighted by Crippen LogP contribution is 2.18. The second-order valence-electron chi connectivity index (χ2n) is 9.61. The van der Waals surface area contributed by atoms with Crippen LogP contribution >= 0.6 is 0 Å². The van der Waals surface area contributed by atoms with Crippen LogP contribution in [0.15, 0.2) is 12.2 Å². The van der Waals surface area contributed by atoms with Gasteiger partial charge in [-0.25, -0.2) is 4.79 Å². The largest absolute Gasteiger partial charge is 0.462 e. The maximum absolute atomic E-state index is 11.2. The molecule has 30 heavy (non-hydrogen) atoms. The Morgan fingerprint density at radius 3 is 1.43 bits per heavy atom. The number of carbonyl (C=O) groups excluding carboxylic acids is 1. The average molecular weight is 423 g/mol. The average Bonchev–Trinajstić information content (AvgIpc) is 2.73. The van der Waals surface area contributed by atoms with Gasteiger partial charge >= 0.3 is 5.97 Å². The topological polar surface area (TPSA) is 26.3 Å². The standard InChI is InChI=1S/C28H54O2/c1-5-6-23-27(4)24-21-19-17-15-13-11-9-7-8-10-12-14-16-18-20-22-25-30-28(29)26(2)3/h27H,2,5-25H2,1,3-4H3. The monoisotopic (exact) mass is 422 g/mol. The first-order valence-electron chi connectivity index (χ1n) is 13.4. The predicted molar refractivity (Wildman–Crippen MR) is 133 cm³/mol. The first-order chi connectivity index (χ1) is 14.6. The van der Waals surface area contributed by atoms with Crippen molar-refractivity contribution in [1.82, 2.24) is 0 Å². The van der Waals surface area contributed by atoms with Crippen LogP contribution in [0.4, 0.5) is 0 Å². The van der Waals surface area contributed by atoms with Gasteiger partial charge in [-0.15, -0.1) is 0 Å². The molecule has 0 amide bonds. The fourth-order valence-electron chi connectivity index (χ4n) is 4.05. The Kier molecular flexibility index (Phi) is 22.3. The van der Waals surface area contributed by atoms with E-state index in [1.165, 1.54) is 122 Å². The van der Waals surface area contributed by atoms with Gasteiger partial charge in [-0.3, -0.25) is 0 Å². The Balaban J connectivity index is 3.11. The van der Waals surface area contributed by atoms with Gasteiger partial charge in [0.05, 0.1) is 6.61 Å². The lowest BCUT2D eigenvalue weighted by atomic mass is 9.97. The molecule has 0 saturated carbocycles. The summed E-state index contributed by atoms with van der Waals surface area (Å²) in [4.78, 5) is 11.2. The van der Waals surface area contributed by atoms with Crippen molar-refractivity contribution in [2.24, 2.45) is 5.92 Å². The minimum absolute atomic E-state index is 0.252. The Labute approximate surface area is 189 Å². The third-order valence-corrected chi connectivity index (χ3v) is 6.22. The van der Waals surface area contributed by atoms with Crippen molar-refractivity contribution >= 4 is 5.97 Å². The van der Waals surface area contributed by atoms with Crippen molar-refractivity contribution in [2.75, 3.05) is 6.61 Å². The number of unbranched alkanes of at least 4 members (excludes halogenated alkanes) is 16. The number of hydrogen-bond acceptors (Lipinski definition) is 2. The van der Waals surface area contributed by atoms with Crippen molar-refractivity contribution in [3.05, 3.63) is 12.2 Å². The highest BCUT2D eigenvalue weighted by atomic mass is 16.5. The fourth-order valence-corrected chi connectivity index (χ4v) is 4.05. The van der Waals surface area contributed by atoms with E-state index >= 15 is 0 Å². The van der Waals surface area contributed by atoms with Crippen LogP contribution in [-0.4, -0.2) is 12.6 Å². The van der Waals surface area contributed by atoms with Gasteiger partial charge in [0.15, 0.2) is 0 Å². The summed E-state index contributed by atoms with van der Waals surface area (Å²) >= 11 is 0. The third-order valence-electron chi connectivity index (χ3n) is 6.22. The SMILES string of the molecule is C=C(C)C(=O)OCCCCCCCCCCCCCCCCCCC(C)CCCC. The van der Waals surface area contributed by atoms with Crippen LogP contribution in [0.1, 0.15) is 149 Å². The molecule has 1 atom stereocenters. The van der Waals surface area contributed by atoms with E-state index in [0.29, 0.717) is 12.2 Å². The summed E-state index contributed by atoms with van der Waals surface area (Å²) in [6.07, 6.45) is 27.6. The van der Waals surface area contributed by atoms with Crippen LogP contribution in [0.3, 0.4) is 0 Å². The number of ether oxygens (including phenoxy) is 1. The van der Waals surface area contributed by atoms with Gasteiger partial charge in [0.25, 0.3) is 0 Å². The van der Waals surface area contributed by atoms with Crippen LogP contribution in [0.5, 0.6) is 0 Å². The zero-order valence-corrected chi connectivity index (χ0v) is 21.0. The Morgan fingerprint density at radius 1 is 0.667 bits per heavy atom. The molecule has 0 aromatic carbocycles. The molecule has 0 heterocycles. The first-order valence-corrected chi connectivity index (χ1v) is 13.4. The highest BCUT2D eigenvalue weighted by Gasteiger charge is 2.02. The Hall–Kier alpha value is -0.790.